The van der Waals surface area contributed by atoms with Crippen LogP contribution in [0.4, 0.5) is 16.3 Å². The van der Waals surface area contributed by atoms with Crippen molar-refractivity contribution in [3.8, 4) is 5.75 Å². The van der Waals surface area contributed by atoms with Crippen LogP contribution in [0.1, 0.15) is 23.3 Å². The van der Waals surface area contributed by atoms with Crippen molar-refractivity contribution in [1.82, 2.24) is 14.7 Å². The van der Waals surface area contributed by atoms with Crippen molar-refractivity contribution >= 4 is 23.4 Å². The molecule has 9 heteroatoms. The first kappa shape index (κ1) is 18.7. The van der Waals surface area contributed by atoms with Crippen molar-refractivity contribution < 1.29 is 19.4 Å². The van der Waals surface area contributed by atoms with Crippen molar-refractivity contribution in [3.05, 3.63) is 36.0 Å². The number of carbonyl (C=O) groups excluding carboxylic acids is 2. The van der Waals surface area contributed by atoms with Gasteiger partial charge in [0.1, 0.15) is 11.4 Å². The highest BCUT2D eigenvalue weighted by Gasteiger charge is 2.22. The Hall–Kier alpha value is -3.07. The third kappa shape index (κ3) is 4.56. The molecule has 2 aromatic rings. The minimum atomic E-state index is -0.351. The van der Waals surface area contributed by atoms with Crippen molar-refractivity contribution in [2.24, 2.45) is 7.05 Å². The Morgan fingerprint density at radius 2 is 1.96 bits per heavy atom. The van der Waals surface area contributed by atoms with Gasteiger partial charge in [0.2, 0.25) is 0 Å². The molecule has 0 radical (unpaired) electrons. The third-order valence-electron chi connectivity index (χ3n) is 4.43. The molecule has 1 aromatic heterocycles. The van der Waals surface area contributed by atoms with Crippen molar-refractivity contribution in [2.75, 3.05) is 30.8 Å². The number of amides is 3. The molecule has 1 aromatic carbocycles. The summed E-state index contributed by atoms with van der Waals surface area (Å²) in [7, 11) is 3.19. The number of piperidine rings is 1. The first-order valence-corrected chi connectivity index (χ1v) is 8.69. The molecular formula is C18H23N5O4. The zero-order valence-corrected chi connectivity index (χ0v) is 15.3. The largest absolute Gasteiger partial charge is 0.497 e. The summed E-state index contributed by atoms with van der Waals surface area (Å²) in [5, 5.41) is 19.2. The van der Waals surface area contributed by atoms with E-state index in [-0.39, 0.29) is 18.0 Å². The number of ether oxygens (including phenoxy) is 1. The minimum absolute atomic E-state index is 0.292. The molecule has 0 aliphatic carbocycles. The second-order valence-corrected chi connectivity index (χ2v) is 6.37. The van der Waals surface area contributed by atoms with Crippen LogP contribution in [-0.2, 0) is 7.05 Å². The average Bonchev–Trinajstić information content (AvgIpc) is 3.02. The molecule has 1 aliphatic heterocycles. The fourth-order valence-corrected chi connectivity index (χ4v) is 2.89. The van der Waals surface area contributed by atoms with Gasteiger partial charge < -0.3 is 20.1 Å². The number of hydrogen-bond donors (Lipinski definition) is 3. The van der Waals surface area contributed by atoms with Gasteiger partial charge in [-0.3, -0.25) is 14.8 Å². The molecular weight excluding hydrogens is 350 g/mol. The number of likely N-dealkylation sites (tertiary alicyclic amines) is 1. The molecule has 0 unspecified atom stereocenters. The molecule has 0 atom stereocenters. The molecule has 2 heterocycles. The summed E-state index contributed by atoms with van der Waals surface area (Å²) in [5.74, 6) is 0.585. The number of benzene rings is 1. The van der Waals surface area contributed by atoms with Gasteiger partial charge in [0.15, 0.2) is 5.82 Å². The van der Waals surface area contributed by atoms with Gasteiger partial charge in [0, 0.05) is 38.0 Å². The molecule has 3 N–H and O–H groups in total. The van der Waals surface area contributed by atoms with Crippen LogP contribution in [0.25, 0.3) is 0 Å². The Bertz CT molecular complexity index is 827. The first-order valence-electron chi connectivity index (χ1n) is 8.69. The second kappa shape index (κ2) is 8.09. The standard InChI is InChI=1S/C18H23N5O4/c1-22-15(17(25)19-12-4-3-5-14(10-12)27-2)11-16(21-22)20-18(26)23-8-6-13(24)7-9-23/h3-5,10-11,13,24H,6-9H2,1-2H3,(H,19,25)(H,20,21,26). The van der Waals surface area contributed by atoms with E-state index in [0.29, 0.717) is 48.9 Å². The Morgan fingerprint density at radius 1 is 1.22 bits per heavy atom. The molecule has 144 valence electrons. The van der Waals surface area contributed by atoms with Gasteiger partial charge in [0.25, 0.3) is 5.91 Å². The quantitative estimate of drug-likeness (QED) is 0.755. The van der Waals surface area contributed by atoms with Gasteiger partial charge in [-0.15, -0.1) is 0 Å². The van der Waals surface area contributed by atoms with Gasteiger partial charge in [-0.05, 0) is 25.0 Å². The lowest BCUT2D eigenvalue weighted by molar-refractivity contribution is 0.0970. The van der Waals surface area contributed by atoms with E-state index in [1.165, 1.54) is 10.7 Å². The average molecular weight is 373 g/mol. The zero-order chi connectivity index (χ0) is 19.4. The number of urea groups is 1. The predicted molar refractivity (Wildman–Crippen MR) is 100.0 cm³/mol. The van der Waals surface area contributed by atoms with Crippen LogP contribution in [0.15, 0.2) is 30.3 Å². The number of aromatic nitrogens is 2. The molecule has 0 bridgehead atoms. The number of nitrogens with zero attached hydrogens (tertiary/aromatic N) is 3. The zero-order valence-electron chi connectivity index (χ0n) is 15.3. The first-order chi connectivity index (χ1) is 13.0. The lowest BCUT2D eigenvalue weighted by Crippen LogP contribution is -2.42. The van der Waals surface area contributed by atoms with E-state index >= 15 is 0 Å². The van der Waals surface area contributed by atoms with E-state index < -0.39 is 0 Å². The number of rotatable bonds is 4. The van der Waals surface area contributed by atoms with Crippen molar-refractivity contribution in [3.63, 3.8) is 0 Å². The van der Waals surface area contributed by atoms with Crippen LogP contribution < -0.4 is 15.4 Å². The van der Waals surface area contributed by atoms with Gasteiger partial charge in [0.05, 0.1) is 13.2 Å². The molecule has 3 rings (SSSR count). The smallest absolute Gasteiger partial charge is 0.323 e. The second-order valence-electron chi connectivity index (χ2n) is 6.37. The summed E-state index contributed by atoms with van der Waals surface area (Å²) in [4.78, 5) is 26.4. The molecule has 9 nitrogen and oxygen atoms in total. The van der Waals surface area contributed by atoms with Gasteiger partial charge >= 0.3 is 6.03 Å². The third-order valence-corrected chi connectivity index (χ3v) is 4.43. The number of carbonyl (C=O) groups is 2. The highest BCUT2D eigenvalue weighted by atomic mass is 16.5. The Kier molecular flexibility index (Phi) is 5.60. The van der Waals surface area contributed by atoms with Crippen molar-refractivity contribution in [1.29, 1.82) is 0 Å². The van der Waals surface area contributed by atoms with E-state index in [1.807, 2.05) is 0 Å². The Morgan fingerprint density at radius 3 is 2.67 bits per heavy atom. The van der Waals surface area contributed by atoms with Crippen LogP contribution >= 0.6 is 0 Å². The SMILES string of the molecule is COc1cccc(NC(=O)c2cc(NC(=O)N3CCC(O)CC3)nn2C)c1. The molecule has 0 spiro atoms. The Balaban J connectivity index is 1.64. The maximum absolute atomic E-state index is 12.5. The van der Waals surface area contributed by atoms with Gasteiger partial charge in [-0.25, -0.2) is 4.79 Å². The number of aryl methyl sites for hydroxylation is 1. The van der Waals surface area contributed by atoms with Crippen LogP contribution in [0, 0.1) is 0 Å². The normalized spacial score (nSPS) is 14.7. The van der Waals surface area contributed by atoms with Crippen LogP contribution in [-0.4, -0.2) is 58.0 Å². The number of methoxy groups -OCH3 is 1. The molecule has 1 saturated heterocycles. The maximum atomic E-state index is 12.5. The summed E-state index contributed by atoms with van der Waals surface area (Å²) in [6.07, 6.45) is 0.768. The van der Waals surface area contributed by atoms with Gasteiger partial charge in [-0.1, -0.05) is 6.07 Å². The van der Waals surface area contributed by atoms with Crippen LogP contribution in [0.3, 0.4) is 0 Å². The summed E-state index contributed by atoms with van der Waals surface area (Å²) in [6, 6.07) is 8.25. The molecule has 1 aliphatic rings. The number of hydrogen-bond acceptors (Lipinski definition) is 5. The Labute approximate surface area is 156 Å². The number of anilines is 2. The van der Waals surface area contributed by atoms with Crippen molar-refractivity contribution in [2.45, 2.75) is 18.9 Å². The predicted octanol–water partition coefficient (Wildman–Crippen LogP) is 1.67. The summed E-state index contributed by atoms with van der Waals surface area (Å²) in [5.41, 5.74) is 0.903. The number of aliphatic hydroxyl groups excluding tert-OH is 1. The fraction of sp³-hybridized carbons (Fsp3) is 0.389. The van der Waals surface area contributed by atoms with E-state index in [1.54, 1.807) is 43.3 Å². The summed E-state index contributed by atoms with van der Waals surface area (Å²) in [6.45, 7) is 0.978. The molecule has 0 saturated carbocycles. The monoisotopic (exact) mass is 373 g/mol. The fourth-order valence-electron chi connectivity index (χ4n) is 2.89. The lowest BCUT2D eigenvalue weighted by Gasteiger charge is -2.29. The van der Waals surface area contributed by atoms with Gasteiger partial charge in [-0.2, -0.15) is 5.10 Å². The van der Waals surface area contributed by atoms with E-state index in [9.17, 15) is 14.7 Å². The number of nitrogens with one attached hydrogen (secondary N) is 2. The molecule has 3 amide bonds. The minimum Gasteiger partial charge on any atom is -0.497 e. The molecule has 1 fully saturated rings. The lowest BCUT2D eigenvalue weighted by atomic mass is 10.1. The summed E-state index contributed by atoms with van der Waals surface area (Å²) < 4.78 is 6.55. The highest BCUT2D eigenvalue weighted by Crippen LogP contribution is 2.18. The van der Waals surface area contributed by atoms with E-state index in [2.05, 4.69) is 15.7 Å². The topological polar surface area (TPSA) is 109 Å². The van der Waals surface area contributed by atoms with Crippen LogP contribution in [0.2, 0.25) is 0 Å². The summed E-state index contributed by atoms with van der Waals surface area (Å²) >= 11 is 0. The number of aliphatic hydroxyl groups is 1. The van der Waals surface area contributed by atoms with E-state index in [4.69, 9.17) is 4.74 Å². The highest BCUT2D eigenvalue weighted by molar-refractivity contribution is 6.04. The maximum Gasteiger partial charge on any atom is 0.323 e. The van der Waals surface area contributed by atoms with Crippen LogP contribution in [0.5, 0.6) is 5.75 Å². The molecule has 27 heavy (non-hydrogen) atoms. The van der Waals surface area contributed by atoms with E-state index in [0.717, 1.165) is 0 Å².